The van der Waals surface area contributed by atoms with E-state index < -0.39 is 0 Å². The molecule has 0 fully saturated rings. The Labute approximate surface area is 124 Å². The molecule has 0 aliphatic rings. The van der Waals surface area contributed by atoms with E-state index in [0.717, 1.165) is 16.3 Å². The second kappa shape index (κ2) is 5.26. The molecule has 3 aromatic rings. The third kappa shape index (κ3) is 2.55. The van der Waals surface area contributed by atoms with Gasteiger partial charge in [0.05, 0.1) is 11.3 Å². The van der Waals surface area contributed by atoms with Gasteiger partial charge in [0, 0.05) is 22.3 Å². The lowest BCUT2D eigenvalue weighted by Crippen LogP contribution is -2.05. The van der Waals surface area contributed by atoms with Gasteiger partial charge < -0.3 is 4.74 Å². The van der Waals surface area contributed by atoms with Gasteiger partial charge in [0.2, 0.25) is 0 Å². The van der Waals surface area contributed by atoms with Crippen molar-refractivity contribution in [2.24, 2.45) is 0 Å². The number of thiazole rings is 1. The molecule has 4 nitrogen and oxygen atoms in total. The summed E-state index contributed by atoms with van der Waals surface area (Å²) in [5, 5.41) is 2.62. The average molecular weight is 307 g/mol. The molecule has 0 aliphatic carbocycles. The van der Waals surface area contributed by atoms with Crippen LogP contribution < -0.4 is 0 Å². The number of esters is 1. The maximum absolute atomic E-state index is 11.9. The van der Waals surface area contributed by atoms with Gasteiger partial charge in [-0.05, 0) is 31.2 Å². The summed E-state index contributed by atoms with van der Waals surface area (Å²) < 4.78 is 7.22. The number of hydrogen-bond donors (Lipinski definition) is 0. The van der Waals surface area contributed by atoms with E-state index in [1.165, 1.54) is 0 Å². The van der Waals surface area contributed by atoms with E-state index in [1.807, 2.05) is 22.9 Å². The van der Waals surface area contributed by atoms with E-state index in [9.17, 15) is 4.79 Å². The van der Waals surface area contributed by atoms with Crippen molar-refractivity contribution in [3.8, 4) is 0 Å². The fraction of sp³-hybridized carbons (Fsp3) is 0.143. The predicted octanol–water partition coefficient (Wildman–Crippen LogP) is 3.71. The fourth-order valence-corrected chi connectivity index (χ4v) is 2.81. The zero-order valence-corrected chi connectivity index (χ0v) is 12.2. The Morgan fingerprint density at radius 1 is 1.40 bits per heavy atom. The Balaban J connectivity index is 1.69. The SMILES string of the molecule is Cc1csc2nc(COC(=O)c3ccc(Cl)cc3)cn12. The molecule has 0 unspecified atom stereocenters. The Hall–Kier alpha value is -1.85. The van der Waals surface area contributed by atoms with E-state index in [0.29, 0.717) is 10.6 Å². The first-order valence-corrected chi connectivity index (χ1v) is 7.24. The van der Waals surface area contributed by atoms with Crippen LogP contribution in [0, 0.1) is 6.92 Å². The molecule has 2 heterocycles. The van der Waals surface area contributed by atoms with Crippen molar-refractivity contribution >= 4 is 33.9 Å². The Morgan fingerprint density at radius 3 is 2.85 bits per heavy atom. The number of carbonyl (C=O) groups excluding carboxylic acids is 1. The van der Waals surface area contributed by atoms with Crippen LogP contribution in [0.4, 0.5) is 0 Å². The first-order chi connectivity index (χ1) is 9.63. The highest BCUT2D eigenvalue weighted by molar-refractivity contribution is 7.15. The molecule has 0 spiro atoms. The highest BCUT2D eigenvalue weighted by atomic mass is 35.5. The van der Waals surface area contributed by atoms with Crippen LogP contribution in [0.2, 0.25) is 5.02 Å². The summed E-state index contributed by atoms with van der Waals surface area (Å²) in [4.78, 5) is 17.2. The summed E-state index contributed by atoms with van der Waals surface area (Å²) in [5.74, 6) is -0.380. The van der Waals surface area contributed by atoms with Gasteiger partial charge in [0.15, 0.2) is 4.96 Å². The van der Waals surface area contributed by atoms with Crippen LogP contribution in [0.1, 0.15) is 21.7 Å². The minimum atomic E-state index is -0.380. The monoisotopic (exact) mass is 306 g/mol. The number of ether oxygens (including phenoxy) is 1. The molecule has 1 aromatic carbocycles. The summed E-state index contributed by atoms with van der Waals surface area (Å²) >= 11 is 7.34. The quantitative estimate of drug-likeness (QED) is 0.693. The van der Waals surface area contributed by atoms with Gasteiger partial charge in [-0.25, -0.2) is 9.78 Å². The van der Waals surface area contributed by atoms with Gasteiger partial charge >= 0.3 is 5.97 Å². The highest BCUT2D eigenvalue weighted by Crippen LogP contribution is 2.17. The van der Waals surface area contributed by atoms with Gasteiger partial charge in [-0.1, -0.05) is 11.6 Å². The third-order valence-electron chi connectivity index (χ3n) is 2.87. The number of aromatic nitrogens is 2. The molecule has 0 bridgehead atoms. The van der Waals surface area contributed by atoms with E-state index in [-0.39, 0.29) is 12.6 Å². The molecule has 6 heteroatoms. The van der Waals surface area contributed by atoms with Crippen LogP contribution in [-0.4, -0.2) is 15.4 Å². The van der Waals surface area contributed by atoms with Crippen LogP contribution in [0.5, 0.6) is 0 Å². The van der Waals surface area contributed by atoms with Crippen molar-refractivity contribution in [3.63, 3.8) is 0 Å². The summed E-state index contributed by atoms with van der Waals surface area (Å²) in [6.45, 7) is 2.17. The third-order valence-corrected chi connectivity index (χ3v) is 4.08. The fourth-order valence-electron chi connectivity index (χ4n) is 1.82. The number of aryl methyl sites for hydroxylation is 1. The number of fused-ring (bicyclic) bond motifs is 1. The molecule has 20 heavy (non-hydrogen) atoms. The number of hydrogen-bond acceptors (Lipinski definition) is 4. The smallest absolute Gasteiger partial charge is 0.338 e. The molecular formula is C14H11ClN2O2S. The predicted molar refractivity (Wildman–Crippen MR) is 78.4 cm³/mol. The first kappa shape index (κ1) is 13.1. The van der Waals surface area contributed by atoms with Gasteiger partial charge in [-0.3, -0.25) is 4.40 Å². The number of halogens is 1. The second-order valence-corrected chi connectivity index (χ2v) is 5.62. The summed E-state index contributed by atoms with van der Waals surface area (Å²) in [6, 6.07) is 6.60. The van der Waals surface area contributed by atoms with Crippen LogP contribution in [-0.2, 0) is 11.3 Å². The lowest BCUT2D eigenvalue weighted by Gasteiger charge is -2.02. The van der Waals surface area contributed by atoms with Crippen LogP contribution in [0.25, 0.3) is 4.96 Å². The maximum Gasteiger partial charge on any atom is 0.338 e. The van der Waals surface area contributed by atoms with Crippen molar-refractivity contribution in [1.29, 1.82) is 0 Å². The van der Waals surface area contributed by atoms with Gasteiger partial charge in [-0.2, -0.15) is 0 Å². The largest absolute Gasteiger partial charge is 0.456 e. The minimum Gasteiger partial charge on any atom is -0.456 e. The highest BCUT2D eigenvalue weighted by Gasteiger charge is 2.10. The second-order valence-electron chi connectivity index (χ2n) is 4.34. The molecule has 2 aromatic heterocycles. The standard InChI is InChI=1S/C14H11ClN2O2S/c1-9-8-20-14-16-12(6-17(9)14)7-19-13(18)10-2-4-11(15)5-3-10/h2-6,8H,7H2,1H3. The maximum atomic E-state index is 11.9. The molecule has 0 radical (unpaired) electrons. The van der Waals surface area contributed by atoms with E-state index >= 15 is 0 Å². The van der Waals surface area contributed by atoms with Crippen molar-refractivity contribution < 1.29 is 9.53 Å². The van der Waals surface area contributed by atoms with Gasteiger partial charge in [-0.15, -0.1) is 11.3 Å². The number of rotatable bonds is 3. The number of benzene rings is 1. The molecule has 0 aliphatic heterocycles. The molecule has 102 valence electrons. The summed E-state index contributed by atoms with van der Waals surface area (Å²) in [5.41, 5.74) is 2.33. The molecular weight excluding hydrogens is 296 g/mol. The van der Waals surface area contributed by atoms with Crippen LogP contribution in [0.3, 0.4) is 0 Å². The average Bonchev–Trinajstić information content (AvgIpc) is 2.99. The molecule has 0 amide bonds. The van der Waals surface area contributed by atoms with Gasteiger partial charge in [0.1, 0.15) is 6.61 Å². The number of nitrogens with zero attached hydrogens (tertiary/aromatic N) is 2. The lowest BCUT2D eigenvalue weighted by atomic mass is 10.2. The number of carbonyl (C=O) groups is 1. The normalized spacial score (nSPS) is 10.9. The van der Waals surface area contributed by atoms with Crippen molar-refractivity contribution in [1.82, 2.24) is 9.38 Å². The van der Waals surface area contributed by atoms with Crippen LogP contribution >= 0.6 is 22.9 Å². The molecule has 0 N–H and O–H groups in total. The van der Waals surface area contributed by atoms with Gasteiger partial charge in [0.25, 0.3) is 0 Å². The Kier molecular flexibility index (Phi) is 3.46. The zero-order chi connectivity index (χ0) is 14.1. The lowest BCUT2D eigenvalue weighted by molar-refractivity contribution is 0.0468. The van der Waals surface area contributed by atoms with Crippen molar-refractivity contribution in [2.45, 2.75) is 13.5 Å². The molecule has 0 saturated carbocycles. The van der Waals surface area contributed by atoms with Crippen LogP contribution in [0.15, 0.2) is 35.8 Å². The molecule has 3 rings (SSSR count). The van der Waals surface area contributed by atoms with E-state index in [1.54, 1.807) is 35.6 Å². The number of imidazole rings is 1. The summed E-state index contributed by atoms with van der Waals surface area (Å²) in [7, 11) is 0. The first-order valence-electron chi connectivity index (χ1n) is 5.98. The van der Waals surface area contributed by atoms with Crippen molar-refractivity contribution in [3.05, 3.63) is 57.8 Å². The Morgan fingerprint density at radius 2 is 2.15 bits per heavy atom. The molecule has 0 atom stereocenters. The topological polar surface area (TPSA) is 43.6 Å². The minimum absolute atomic E-state index is 0.162. The van der Waals surface area contributed by atoms with E-state index in [4.69, 9.17) is 16.3 Å². The zero-order valence-electron chi connectivity index (χ0n) is 10.7. The van der Waals surface area contributed by atoms with E-state index in [2.05, 4.69) is 4.98 Å². The van der Waals surface area contributed by atoms with Crippen molar-refractivity contribution in [2.75, 3.05) is 0 Å². The summed E-state index contributed by atoms with van der Waals surface area (Å²) in [6.07, 6.45) is 1.89. The Bertz CT molecular complexity index is 761. The molecule has 0 saturated heterocycles.